The molecule has 1 fully saturated rings. The molecule has 1 aliphatic rings. The molecule has 1 saturated heterocycles. The quantitative estimate of drug-likeness (QED) is 0.813. The van der Waals surface area contributed by atoms with Crippen molar-refractivity contribution in [1.29, 1.82) is 0 Å². The first kappa shape index (κ1) is 12.0. The fourth-order valence-electron chi connectivity index (χ4n) is 1.75. The predicted molar refractivity (Wildman–Crippen MR) is 67.5 cm³/mol. The van der Waals surface area contributed by atoms with Gasteiger partial charge in [-0.3, -0.25) is 4.79 Å². The number of nitrogens with one attached hydrogen (secondary N) is 1. The van der Waals surface area contributed by atoms with Crippen LogP contribution in [0.1, 0.15) is 28.9 Å². The SMILES string of the molecule is O=C(NCCC1CCCO1)c1cc(S)cs1. The molecule has 3 nitrogen and oxygen atoms in total. The van der Waals surface area contributed by atoms with Crippen molar-refractivity contribution in [3.05, 3.63) is 16.3 Å². The van der Waals surface area contributed by atoms with E-state index in [1.165, 1.54) is 11.3 Å². The summed E-state index contributed by atoms with van der Waals surface area (Å²) in [6, 6.07) is 1.79. The molecule has 0 bridgehead atoms. The highest BCUT2D eigenvalue weighted by atomic mass is 32.1. The number of amides is 1. The molecule has 88 valence electrons. The third-order valence-electron chi connectivity index (χ3n) is 2.59. The Bertz CT molecular complexity index is 359. The summed E-state index contributed by atoms with van der Waals surface area (Å²) in [5.74, 6) is -0.0108. The fourth-order valence-corrected chi connectivity index (χ4v) is 2.82. The van der Waals surface area contributed by atoms with Crippen molar-refractivity contribution < 1.29 is 9.53 Å². The fraction of sp³-hybridized carbons (Fsp3) is 0.545. The Labute approximate surface area is 105 Å². The van der Waals surface area contributed by atoms with Crippen LogP contribution in [0.4, 0.5) is 0 Å². The molecular weight excluding hydrogens is 242 g/mol. The smallest absolute Gasteiger partial charge is 0.261 e. The highest BCUT2D eigenvalue weighted by Gasteiger charge is 2.15. The monoisotopic (exact) mass is 257 g/mol. The van der Waals surface area contributed by atoms with Gasteiger partial charge in [-0.2, -0.15) is 0 Å². The molecule has 1 unspecified atom stereocenters. The highest BCUT2D eigenvalue weighted by Crippen LogP contribution is 2.18. The Hall–Kier alpha value is -0.520. The van der Waals surface area contributed by atoms with Crippen LogP contribution in [0.5, 0.6) is 0 Å². The largest absolute Gasteiger partial charge is 0.378 e. The van der Waals surface area contributed by atoms with Crippen molar-refractivity contribution in [2.24, 2.45) is 0 Å². The second-order valence-corrected chi connectivity index (χ2v) is 5.28. The van der Waals surface area contributed by atoms with Crippen LogP contribution in [0.2, 0.25) is 0 Å². The summed E-state index contributed by atoms with van der Waals surface area (Å²) < 4.78 is 5.48. The maximum Gasteiger partial charge on any atom is 0.261 e. The normalized spacial score (nSPS) is 19.9. The van der Waals surface area contributed by atoms with Crippen molar-refractivity contribution in [2.75, 3.05) is 13.2 Å². The minimum atomic E-state index is -0.0108. The number of hydrogen-bond acceptors (Lipinski definition) is 4. The number of rotatable bonds is 4. The molecule has 1 amide bonds. The maximum absolute atomic E-state index is 11.7. The Balaban J connectivity index is 1.71. The lowest BCUT2D eigenvalue weighted by atomic mass is 10.2. The first-order valence-electron chi connectivity index (χ1n) is 5.43. The van der Waals surface area contributed by atoms with Crippen molar-refractivity contribution in [1.82, 2.24) is 5.32 Å². The van der Waals surface area contributed by atoms with Gasteiger partial charge in [0.1, 0.15) is 0 Å². The van der Waals surface area contributed by atoms with Gasteiger partial charge in [-0.05, 0) is 25.3 Å². The summed E-state index contributed by atoms with van der Waals surface area (Å²) >= 11 is 5.59. The molecule has 16 heavy (non-hydrogen) atoms. The van der Waals surface area contributed by atoms with Gasteiger partial charge < -0.3 is 10.1 Å². The summed E-state index contributed by atoms with van der Waals surface area (Å²) in [5.41, 5.74) is 0. The average molecular weight is 257 g/mol. The molecule has 0 aromatic carbocycles. The standard InChI is InChI=1S/C11H15NO2S2/c13-11(10-6-9(15)7-16-10)12-4-3-8-2-1-5-14-8/h6-8,15H,1-5H2,(H,12,13). The topological polar surface area (TPSA) is 38.3 Å². The molecule has 1 atom stereocenters. The highest BCUT2D eigenvalue weighted by molar-refractivity contribution is 7.80. The number of thiol groups is 1. The minimum absolute atomic E-state index is 0.0108. The van der Waals surface area contributed by atoms with Gasteiger partial charge in [0.2, 0.25) is 0 Å². The van der Waals surface area contributed by atoms with Gasteiger partial charge >= 0.3 is 0 Å². The molecule has 0 spiro atoms. The molecule has 2 heterocycles. The van der Waals surface area contributed by atoms with E-state index >= 15 is 0 Å². The summed E-state index contributed by atoms with van der Waals surface area (Å²) in [6.07, 6.45) is 3.51. The van der Waals surface area contributed by atoms with E-state index in [1.54, 1.807) is 6.07 Å². The molecule has 0 aliphatic carbocycles. The minimum Gasteiger partial charge on any atom is -0.378 e. The summed E-state index contributed by atoms with van der Waals surface area (Å²) in [7, 11) is 0. The zero-order chi connectivity index (χ0) is 11.4. The van der Waals surface area contributed by atoms with Crippen molar-refractivity contribution in [2.45, 2.75) is 30.3 Å². The summed E-state index contributed by atoms with van der Waals surface area (Å²) in [5, 5.41) is 4.76. The number of carbonyl (C=O) groups is 1. The number of carbonyl (C=O) groups excluding carboxylic acids is 1. The Kier molecular flexibility index (Phi) is 4.26. The van der Waals surface area contributed by atoms with Crippen molar-refractivity contribution in [3.8, 4) is 0 Å². The van der Waals surface area contributed by atoms with Crippen LogP contribution in [0.25, 0.3) is 0 Å². The van der Waals surface area contributed by atoms with Crippen LogP contribution < -0.4 is 5.32 Å². The second-order valence-electron chi connectivity index (χ2n) is 3.85. The van der Waals surface area contributed by atoms with Crippen LogP contribution >= 0.6 is 24.0 Å². The molecule has 1 aromatic rings. The van der Waals surface area contributed by atoms with E-state index in [2.05, 4.69) is 17.9 Å². The van der Waals surface area contributed by atoms with E-state index in [4.69, 9.17) is 4.74 Å². The van der Waals surface area contributed by atoms with Gasteiger partial charge in [0, 0.05) is 23.4 Å². The van der Waals surface area contributed by atoms with E-state index in [0.29, 0.717) is 12.6 Å². The molecule has 1 N–H and O–H groups in total. The van der Waals surface area contributed by atoms with Crippen LogP contribution in [-0.2, 0) is 4.74 Å². The lowest BCUT2D eigenvalue weighted by Gasteiger charge is -2.09. The summed E-state index contributed by atoms with van der Waals surface area (Å²) in [4.78, 5) is 13.2. The van der Waals surface area contributed by atoms with Crippen molar-refractivity contribution >= 4 is 29.9 Å². The maximum atomic E-state index is 11.7. The van der Waals surface area contributed by atoms with Gasteiger partial charge in [0.15, 0.2) is 0 Å². The van der Waals surface area contributed by atoms with Crippen LogP contribution in [-0.4, -0.2) is 25.2 Å². The lowest BCUT2D eigenvalue weighted by molar-refractivity contribution is 0.0910. The zero-order valence-electron chi connectivity index (χ0n) is 8.94. The predicted octanol–water partition coefficient (Wildman–Crippen LogP) is 2.34. The molecule has 2 rings (SSSR count). The van der Waals surface area contributed by atoms with Crippen LogP contribution in [0.3, 0.4) is 0 Å². The van der Waals surface area contributed by atoms with Gasteiger partial charge in [0.05, 0.1) is 11.0 Å². The third-order valence-corrected chi connectivity index (χ3v) is 3.95. The second kappa shape index (κ2) is 5.70. The van der Waals surface area contributed by atoms with E-state index in [0.717, 1.165) is 35.6 Å². The van der Waals surface area contributed by atoms with Gasteiger partial charge in [-0.25, -0.2) is 0 Å². The molecule has 0 radical (unpaired) electrons. The van der Waals surface area contributed by atoms with Gasteiger partial charge in [-0.15, -0.1) is 24.0 Å². The van der Waals surface area contributed by atoms with Gasteiger partial charge in [-0.1, -0.05) is 0 Å². The molecule has 1 aromatic heterocycles. The number of hydrogen-bond donors (Lipinski definition) is 2. The number of thiophene rings is 1. The zero-order valence-corrected chi connectivity index (χ0v) is 10.7. The Morgan fingerprint density at radius 2 is 2.56 bits per heavy atom. The first-order valence-corrected chi connectivity index (χ1v) is 6.75. The van der Waals surface area contributed by atoms with E-state index in [-0.39, 0.29) is 5.91 Å². The van der Waals surface area contributed by atoms with E-state index < -0.39 is 0 Å². The first-order chi connectivity index (χ1) is 7.75. The third kappa shape index (κ3) is 3.23. The van der Waals surface area contributed by atoms with E-state index in [1.807, 2.05) is 5.38 Å². The molecule has 5 heteroatoms. The van der Waals surface area contributed by atoms with Crippen LogP contribution in [0, 0.1) is 0 Å². The van der Waals surface area contributed by atoms with Crippen molar-refractivity contribution in [3.63, 3.8) is 0 Å². The Morgan fingerprint density at radius 1 is 1.69 bits per heavy atom. The molecular formula is C11H15NO2S2. The average Bonchev–Trinajstić information content (AvgIpc) is 2.89. The molecule has 0 saturated carbocycles. The lowest BCUT2D eigenvalue weighted by Crippen LogP contribution is -2.26. The van der Waals surface area contributed by atoms with Crippen LogP contribution in [0.15, 0.2) is 16.3 Å². The summed E-state index contributed by atoms with van der Waals surface area (Å²) in [6.45, 7) is 1.55. The van der Waals surface area contributed by atoms with Gasteiger partial charge in [0.25, 0.3) is 5.91 Å². The van der Waals surface area contributed by atoms with E-state index in [9.17, 15) is 4.79 Å². The Morgan fingerprint density at radius 3 is 3.19 bits per heavy atom. The number of ether oxygens (including phenoxy) is 1. The molecule has 1 aliphatic heterocycles.